The van der Waals surface area contributed by atoms with Gasteiger partial charge < -0.3 is 158 Å². The highest BCUT2D eigenvalue weighted by Gasteiger charge is 2.73. The summed E-state index contributed by atoms with van der Waals surface area (Å²) in [5.74, 6) is -1.34. The normalized spacial score (nSPS) is 54.7. The third kappa shape index (κ3) is 13.3. The lowest BCUT2D eigenvalue weighted by Gasteiger charge is -2.71. The lowest BCUT2D eigenvalue weighted by Crippen LogP contribution is -2.68. The molecule has 0 aromatic rings. The molecule has 0 unspecified atom stereocenters. The van der Waals surface area contributed by atoms with Crippen LogP contribution in [0.3, 0.4) is 0 Å². The average molecular weight is 1440 g/mol. The van der Waals surface area contributed by atoms with Crippen molar-refractivity contribution >= 4 is 5.97 Å². The molecule has 33 nitrogen and oxygen atoms in total. The van der Waals surface area contributed by atoms with Gasteiger partial charge in [-0.3, -0.25) is 4.79 Å². The minimum atomic E-state index is -2.24. The van der Waals surface area contributed by atoms with Crippen LogP contribution in [0.4, 0.5) is 0 Å². The lowest BCUT2D eigenvalue weighted by molar-refractivity contribution is -0.386. The second kappa shape index (κ2) is 28.8. The molecule has 0 spiro atoms. The second-order valence-corrected chi connectivity index (χ2v) is 32.7. The molecule has 4 saturated carbocycles. The largest absolute Gasteiger partial charge is 0.432 e. The molecule has 18 N–H and O–H groups in total. The number of hydrogen-bond donors (Lipinski definition) is 18. The Morgan fingerprint density at radius 3 is 1.74 bits per heavy atom. The van der Waals surface area contributed by atoms with E-state index in [4.69, 9.17) is 66.3 Å². The zero-order valence-corrected chi connectivity index (χ0v) is 57.6. The molecule has 0 radical (unpaired) electrons. The second-order valence-electron chi connectivity index (χ2n) is 32.7. The van der Waals surface area contributed by atoms with Crippen molar-refractivity contribution in [2.24, 2.45) is 50.2 Å². The summed E-state index contributed by atoms with van der Waals surface area (Å²) >= 11 is 0. The van der Waals surface area contributed by atoms with Gasteiger partial charge in [0.25, 0.3) is 0 Å². The minimum absolute atomic E-state index is 0.0390. The van der Waals surface area contributed by atoms with Gasteiger partial charge in [-0.05, 0) is 110 Å². The van der Waals surface area contributed by atoms with Crippen molar-refractivity contribution < 1.29 is 163 Å². The maximum atomic E-state index is 15.7. The van der Waals surface area contributed by atoms with E-state index in [2.05, 4.69) is 54.5 Å². The topological polar surface area (TPSA) is 510 Å². The number of esters is 1. The number of allylic oxidation sites excluding steroid dienone is 2. The van der Waals surface area contributed by atoms with Gasteiger partial charge in [-0.25, -0.2) is 0 Å². The van der Waals surface area contributed by atoms with Gasteiger partial charge in [-0.2, -0.15) is 0 Å². The molecule has 11 fully saturated rings. The number of ether oxygens (including phenoxy) is 14. The Hall–Kier alpha value is -2.03. The van der Waals surface area contributed by atoms with Crippen LogP contribution in [-0.2, 0) is 71.1 Å². The van der Waals surface area contributed by atoms with Crippen LogP contribution < -0.4 is 0 Å². The molecule has 574 valence electrons. The summed E-state index contributed by atoms with van der Waals surface area (Å²) in [6, 6.07) is 0. The number of carbonyl (C=O) groups excluding carboxylic acids is 1. The van der Waals surface area contributed by atoms with Crippen molar-refractivity contribution in [2.45, 2.75) is 303 Å². The molecule has 7 saturated heterocycles. The van der Waals surface area contributed by atoms with Crippen molar-refractivity contribution in [3.8, 4) is 0 Å². The van der Waals surface area contributed by atoms with Gasteiger partial charge in [0, 0.05) is 0 Å². The molecule has 0 aromatic heterocycles. The number of aliphatic hydroxyl groups excluding tert-OH is 17. The third-order valence-corrected chi connectivity index (χ3v) is 25.9. The fourth-order valence-corrected chi connectivity index (χ4v) is 19.5. The van der Waals surface area contributed by atoms with Gasteiger partial charge in [0.05, 0.1) is 64.6 Å². The van der Waals surface area contributed by atoms with Crippen LogP contribution in [0.25, 0.3) is 0 Å². The predicted octanol–water partition coefficient (Wildman–Crippen LogP) is -5.37. The Kier molecular flexibility index (Phi) is 22.4. The van der Waals surface area contributed by atoms with Crippen LogP contribution in [0, 0.1) is 50.2 Å². The van der Waals surface area contributed by atoms with Crippen LogP contribution in [0.15, 0.2) is 11.6 Å². The molecule has 7 heterocycles. The molecule has 100 heavy (non-hydrogen) atoms. The van der Waals surface area contributed by atoms with Crippen molar-refractivity contribution in [2.75, 3.05) is 46.2 Å². The average Bonchev–Trinajstić information content (AvgIpc) is 0.729. The first-order valence-corrected chi connectivity index (χ1v) is 35.3. The summed E-state index contributed by atoms with van der Waals surface area (Å²) in [6.07, 6.45) is -41.7. The summed E-state index contributed by atoms with van der Waals surface area (Å²) in [7, 11) is 0. The maximum absolute atomic E-state index is 15.7. The highest BCUT2D eigenvalue weighted by Crippen LogP contribution is 2.76. The van der Waals surface area contributed by atoms with E-state index in [-0.39, 0.29) is 42.1 Å². The van der Waals surface area contributed by atoms with Crippen LogP contribution in [0.5, 0.6) is 0 Å². The molecule has 38 atom stereocenters. The molecule has 0 aromatic carbocycles. The SMILES string of the molecule is C[C@@H]1O[C@@H](O[C@H]2[C@H](OC(=O)[C@]34CCC(C)(C)C[C@H]3C3=CC[C@@H]5[C@@]6(C)CC[C@H](O[C@@H]7O[C@H](CO[C@@H]8OC[C@H](O)[C@H](O)[C@H]8O)[C@@H](O)[C@H](O)[C@H]7O)C(C)(C)[C@@H]6CC[C@@]5(C)[C@]3(C)C[C@H]4O)OC[C@@H](O)[C@@H]2O)[C@H](O)[C@H](O[C@@H]2OC[C@](O)(CO)[C@H]2O)[C@H]1O[C@@H]1OC[C@H](O)[C@H](O[C@@H]2OC[C@@H](O)[C@H](O)[C@H]2O)[C@H]1O. The first-order chi connectivity index (χ1) is 46.9. The fourth-order valence-electron chi connectivity index (χ4n) is 19.5. The third-order valence-electron chi connectivity index (χ3n) is 25.9. The van der Waals surface area contributed by atoms with Crippen LogP contribution in [0.2, 0.25) is 0 Å². The van der Waals surface area contributed by atoms with E-state index in [9.17, 15) is 91.9 Å². The standard InChI is InChI=1S/C67H108O33/c1-26-48(96-55-46(82)49(32(72)22-89-55)97-54-44(80)39(75)30(70)20-88-54)50(98-59-52(84)66(86,24-68)25-92-59)47(83)57(93-26)99-51-40(76)31(71)21-90-58(51)100-60(85)67-16-15-61(2,3)17-28(67)27-9-10-35-63(6)13-12-37(62(4,5)34(63)11-14-64(35,7)65(27,8)18-36(67)73)95-56-45(81)42(78)41(77)33(94-56)23-91-53-43(79)38(74)29(69)19-87-53/h9,26,28-59,68-84,86H,10-25H2,1-8H3/t26-,28-,29-,30+,31+,32-,33+,34-,35+,36+,37-,38-,39-,40-,41+,42-,43+,44+,45+,46+,47+,48-,49-,50-,51+,52-,53-,54-,55-,56-,57-,58-,59-,63-,64+,65+,66+,67+/m0/s1. The summed E-state index contributed by atoms with van der Waals surface area (Å²) < 4.78 is 83.5. The number of aliphatic hydroxyl groups is 18. The molecule has 0 bridgehead atoms. The van der Waals surface area contributed by atoms with Crippen LogP contribution in [-0.4, -0.2) is 334 Å². The fraction of sp³-hybridized carbons (Fsp3) is 0.955. The number of carbonyl (C=O) groups is 1. The molecular weight excluding hydrogens is 1330 g/mol. The van der Waals surface area contributed by atoms with Crippen LogP contribution >= 0.6 is 0 Å². The number of rotatable bonds is 16. The van der Waals surface area contributed by atoms with Gasteiger partial charge in [0.15, 0.2) is 43.8 Å². The Balaban J connectivity index is 0.760. The summed E-state index contributed by atoms with van der Waals surface area (Å²) in [5, 5.41) is 198. The lowest BCUT2D eigenvalue weighted by atomic mass is 9.33. The van der Waals surface area contributed by atoms with E-state index in [1.807, 2.05) is 0 Å². The zero-order chi connectivity index (χ0) is 72.6. The Morgan fingerprint density at radius 2 is 1.08 bits per heavy atom. The smallest absolute Gasteiger partial charge is 0.317 e. The number of fused-ring (bicyclic) bond motifs is 7. The van der Waals surface area contributed by atoms with E-state index >= 15 is 4.79 Å². The van der Waals surface area contributed by atoms with Crippen molar-refractivity contribution in [1.82, 2.24) is 0 Å². The summed E-state index contributed by atoms with van der Waals surface area (Å²) in [5.41, 5.74) is -5.13. The van der Waals surface area contributed by atoms with Gasteiger partial charge in [0.1, 0.15) is 127 Å². The molecular formula is C67H108O33. The first kappa shape index (κ1) is 77.6. The highest BCUT2D eigenvalue weighted by atomic mass is 16.8. The van der Waals surface area contributed by atoms with Gasteiger partial charge >= 0.3 is 5.97 Å². The Bertz CT molecular complexity index is 2860. The molecule has 7 aliphatic heterocycles. The molecule has 0 amide bonds. The van der Waals surface area contributed by atoms with Crippen LogP contribution in [0.1, 0.15) is 113 Å². The van der Waals surface area contributed by atoms with Gasteiger partial charge in [-0.1, -0.05) is 60.1 Å². The van der Waals surface area contributed by atoms with Crippen molar-refractivity contribution in [3.63, 3.8) is 0 Å². The molecule has 5 aliphatic carbocycles. The highest BCUT2D eigenvalue weighted by molar-refractivity contribution is 5.80. The van der Waals surface area contributed by atoms with Gasteiger partial charge in [-0.15, -0.1) is 0 Å². The minimum Gasteiger partial charge on any atom is -0.432 e. The van der Waals surface area contributed by atoms with E-state index in [1.165, 1.54) is 6.92 Å². The quantitative estimate of drug-likeness (QED) is 0.0390. The van der Waals surface area contributed by atoms with Crippen molar-refractivity contribution in [1.29, 1.82) is 0 Å². The maximum Gasteiger partial charge on any atom is 0.317 e. The zero-order valence-electron chi connectivity index (χ0n) is 57.6. The van der Waals surface area contributed by atoms with E-state index < -0.39 is 263 Å². The van der Waals surface area contributed by atoms with Crippen molar-refractivity contribution in [3.05, 3.63) is 11.6 Å². The van der Waals surface area contributed by atoms with E-state index in [0.717, 1.165) is 12.0 Å². The Labute approximate surface area is 578 Å². The van der Waals surface area contributed by atoms with Gasteiger partial charge in [0.2, 0.25) is 6.29 Å². The van der Waals surface area contributed by atoms with E-state index in [1.54, 1.807) is 0 Å². The summed E-state index contributed by atoms with van der Waals surface area (Å²) in [4.78, 5) is 15.7. The predicted molar refractivity (Wildman–Crippen MR) is 331 cm³/mol. The van der Waals surface area contributed by atoms with E-state index in [0.29, 0.717) is 38.5 Å². The molecule has 12 rings (SSSR count). The molecule has 33 heteroatoms. The monoisotopic (exact) mass is 1440 g/mol. The number of hydrogen-bond acceptors (Lipinski definition) is 33. The Morgan fingerprint density at radius 1 is 0.520 bits per heavy atom. The molecule has 12 aliphatic rings. The summed E-state index contributed by atoms with van der Waals surface area (Å²) in [6.45, 7) is 12.8. The first-order valence-electron chi connectivity index (χ1n) is 35.3.